The Labute approximate surface area is 152 Å². The van der Waals surface area contributed by atoms with E-state index in [0.717, 1.165) is 22.2 Å². The molecule has 1 aliphatic heterocycles. The van der Waals surface area contributed by atoms with Gasteiger partial charge in [-0.25, -0.2) is 4.98 Å². The van der Waals surface area contributed by atoms with E-state index in [0.29, 0.717) is 24.4 Å². The minimum Gasteiger partial charge on any atom is -0.440 e. The van der Waals surface area contributed by atoms with Crippen LogP contribution in [0.1, 0.15) is 25.2 Å². The summed E-state index contributed by atoms with van der Waals surface area (Å²) in [5.41, 5.74) is 0.998. The summed E-state index contributed by atoms with van der Waals surface area (Å²) in [4.78, 5) is 4.47. The maximum atomic E-state index is 6.00. The summed E-state index contributed by atoms with van der Waals surface area (Å²) in [7, 11) is 0. The molecule has 0 amide bonds. The summed E-state index contributed by atoms with van der Waals surface area (Å²) in [5, 5.41) is 0.716. The van der Waals surface area contributed by atoms with Gasteiger partial charge >= 0.3 is 0 Å². The van der Waals surface area contributed by atoms with Crippen molar-refractivity contribution in [1.29, 1.82) is 0 Å². The standard InChI is InChI=1S/C17H19Br2NO3/c1-11-5-6-21-16(10-22-11)14(8-18)17-20-9-15(23-17)12-3-2-4-13(19)7-12/h2-4,7,9,11,14,16H,5-6,8,10H2,1H3/t11?,14-,16?/m1/s1. The highest BCUT2D eigenvalue weighted by Crippen LogP contribution is 2.30. The van der Waals surface area contributed by atoms with Gasteiger partial charge in [0.2, 0.25) is 5.89 Å². The van der Waals surface area contributed by atoms with Gasteiger partial charge < -0.3 is 13.9 Å². The fraction of sp³-hybridized carbons (Fsp3) is 0.471. The average molecular weight is 445 g/mol. The molecule has 23 heavy (non-hydrogen) atoms. The van der Waals surface area contributed by atoms with Crippen molar-refractivity contribution in [2.45, 2.75) is 31.5 Å². The molecule has 6 heteroatoms. The van der Waals surface area contributed by atoms with Crippen molar-refractivity contribution in [3.05, 3.63) is 40.8 Å². The van der Waals surface area contributed by atoms with Crippen molar-refractivity contribution >= 4 is 31.9 Å². The maximum Gasteiger partial charge on any atom is 0.201 e. The first kappa shape index (κ1) is 17.1. The molecule has 2 aromatic rings. The summed E-state index contributed by atoms with van der Waals surface area (Å²) in [6, 6.07) is 7.98. The minimum absolute atomic E-state index is 0.0289. The zero-order valence-electron chi connectivity index (χ0n) is 12.9. The van der Waals surface area contributed by atoms with Crippen LogP contribution < -0.4 is 0 Å². The third-order valence-electron chi connectivity index (χ3n) is 3.97. The van der Waals surface area contributed by atoms with Crippen LogP contribution in [-0.2, 0) is 9.47 Å². The first-order chi connectivity index (χ1) is 11.2. The molecule has 0 spiro atoms. The van der Waals surface area contributed by atoms with E-state index >= 15 is 0 Å². The number of benzene rings is 1. The molecule has 3 atom stereocenters. The van der Waals surface area contributed by atoms with Crippen molar-refractivity contribution in [2.24, 2.45) is 0 Å². The highest BCUT2D eigenvalue weighted by molar-refractivity contribution is 9.10. The summed E-state index contributed by atoms with van der Waals surface area (Å²) >= 11 is 7.04. The predicted molar refractivity (Wildman–Crippen MR) is 95.9 cm³/mol. The highest BCUT2D eigenvalue weighted by atomic mass is 79.9. The van der Waals surface area contributed by atoms with Crippen LogP contribution in [0.3, 0.4) is 0 Å². The molecule has 1 aromatic carbocycles. The van der Waals surface area contributed by atoms with Crippen LogP contribution in [0.5, 0.6) is 0 Å². The molecule has 124 valence electrons. The minimum atomic E-state index is -0.0478. The molecule has 0 radical (unpaired) electrons. The second-order valence-electron chi connectivity index (χ2n) is 5.68. The quantitative estimate of drug-likeness (QED) is 0.636. The number of hydrogen-bond donors (Lipinski definition) is 0. The Morgan fingerprint density at radius 2 is 2.22 bits per heavy atom. The fourth-order valence-corrected chi connectivity index (χ4v) is 3.66. The molecular formula is C17H19Br2NO3. The molecule has 0 bridgehead atoms. The molecule has 0 aliphatic carbocycles. The number of alkyl halides is 1. The fourth-order valence-electron chi connectivity index (χ4n) is 2.57. The topological polar surface area (TPSA) is 44.5 Å². The smallest absolute Gasteiger partial charge is 0.201 e. The summed E-state index contributed by atoms with van der Waals surface area (Å²) < 4.78 is 18.8. The van der Waals surface area contributed by atoms with Crippen LogP contribution in [0.4, 0.5) is 0 Å². The summed E-state index contributed by atoms with van der Waals surface area (Å²) in [6.07, 6.45) is 2.87. The lowest BCUT2D eigenvalue weighted by atomic mass is 10.1. The van der Waals surface area contributed by atoms with Gasteiger partial charge in [-0.1, -0.05) is 44.0 Å². The van der Waals surface area contributed by atoms with Crippen LogP contribution in [-0.4, -0.2) is 35.7 Å². The number of ether oxygens (including phenoxy) is 2. The lowest BCUT2D eigenvalue weighted by Gasteiger charge is -2.21. The Morgan fingerprint density at radius 1 is 1.35 bits per heavy atom. The van der Waals surface area contributed by atoms with Gasteiger partial charge in [-0.05, 0) is 25.5 Å². The van der Waals surface area contributed by atoms with E-state index < -0.39 is 0 Å². The molecule has 4 nitrogen and oxygen atoms in total. The predicted octanol–water partition coefficient (Wildman–Crippen LogP) is 4.78. The first-order valence-corrected chi connectivity index (χ1v) is 9.59. The number of aromatic nitrogens is 1. The van der Waals surface area contributed by atoms with Crippen molar-refractivity contribution in [1.82, 2.24) is 4.98 Å². The van der Waals surface area contributed by atoms with Crippen LogP contribution in [0, 0.1) is 0 Å². The van der Waals surface area contributed by atoms with E-state index in [1.54, 1.807) is 6.20 Å². The maximum absolute atomic E-state index is 6.00. The van der Waals surface area contributed by atoms with Crippen molar-refractivity contribution in [2.75, 3.05) is 18.5 Å². The zero-order valence-corrected chi connectivity index (χ0v) is 16.0. The molecule has 0 N–H and O–H groups in total. The van der Waals surface area contributed by atoms with Gasteiger partial charge in [0.15, 0.2) is 5.76 Å². The third-order valence-corrected chi connectivity index (χ3v) is 5.16. The molecule has 1 aromatic heterocycles. The van der Waals surface area contributed by atoms with Crippen LogP contribution in [0.2, 0.25) is 0 Å². The van der Waals surface area contributed by atoms with Gasteiger partial charge in [0.05, 0.1) is 30.9 Å². The van der Waals surface area contributed by atoms with Crippen LogP contribution >= 0.6 is 31.9 Å². The van der Waals surface area contributed by atoms with Crippen LogP contribution in [0.15, 0.2) is 39.4 Å². The second kappa shape index (κ2) is 7.92. The lowest BCUT2D eigenvalue weighted by Crippen LogP contribution is -2.28. The zero-order chi connectivity index (χ0) is 16.2. The molecule has 3 rings (SSSR count). The van der Waals surface area contributed by atoms with Gasteiger partial charge in [0.25, 0.3) is 0 Å². The van der Waals surface area contributed by atoms with Crippen molar-refractivity contribution in [3.8, 4) is 11.3 Å². The Hall–Kier alpha value is -0.690. The SMILES string of the molecule is CC1CCOC([C@@H](CBr)c2ncc(-c3cccc(Br)c3)o2)CO1. The van der Waals surface area contributed by atoms with E-state index in [1.165, 1.54) is 0 Å². The van der Waals surface area contributed by atoms with E-state index in [4.69, 9.17) is 13.9 Å². The molecule has 1 aliphatic rings. The molecule has 2 unspecified atom stereocenters. The molecule has 0 saturated carbocycles. The van der Waals surface area contributed by atoms with Crippen molar-refractivity contribution < 1.29 is 13.9 Å². The molecule has 2 heterocycles. The van der Waals surface area contributed by atoms with E-state index in [2.05, 4.69) is 43.8 Å². The Morgan fingerprint density at radius 3 is 3.00 bits per heavy atom. The average Bonchev–Trinajstić information content (AvgIpc) is 2.93. The normalized spacial score (nSPS) is 23.4. The Balaban J connectivity index is 1.79. The number of oxazole rings is 1. The van der Waals surface area contributed by atoms with E-state index in [1.807, 2.05) is 24.3 Å². The second-order valence-corrected chi connectivity index (χ2v) is 7.24. The summed E-state index contributed by atoms with van der Waals surface area (Å²) in [5.74, 6) is 1.47. The monoisotopic (exact) mass is 443 g/mol. The van der Waals surface area contributed by atoms with Gasteiger partial charge in [-0.3, -0.25) is 0 Å². The molecular weight excluding hydrogens is 426 g/mol. The lowest BCUT2D eigenvalue weighted by molar-refractivity contribution is -0.00338. The summed E-state index contributed by atoms with van der Waals surface area (Å²) in [6.45, 7) is 3.34. The largest absolute Gasteiger partial charge is 0.440 e. The van der Waals surface area contributed by atoms with Gasteiger partial charge in [0.1, 0.15) is 0 Å². The molecule has 1 fully saturated rings. The number of rotatable bonds is 4. The highest BCUT2D eigenvalue weighted by Gasteiger charge is 2.30. The first-order valence-electron chi connectivity index (χ1n) is 7.68. The number of halogens is 2. The number of nitrogens with zero attached hydrogens (tertiary/aromatic N) is 1. The van der Waals surface area contributed by atoms with Crippen LogP contribution in [0.25, 0.3) is 11.3 Å². The van der Waals surface area contributed by atoms with Gasteiger partial charge in [-0.2, -0.15) is 0 Å². The van der Waals surface area contributed by atoms with E-state index in [9.17, 15) is 0 Å². The van der Waals surface area contributed by atoms with Crippen molar-refractivity contribution in [3.63, 3.8) is 0 Å². The third kappa shape index (κ3) is 4.24. The van der Waals surface area contributed by atoms with E-state index in [-0.39, 0.29) is 18.1 Å². The number of hydrogen-bond acceptors (Lipinski definition) is 4. The van der Waals surface area contributed by atoms with Gasteiger partial charge in [-0.15, -0.1) is 0 Å². The Kier molecular flexibility index (Phi) is 5.91. The molecule has 1 saturated heterocycles. The Bertz CT molecular complexity index is 646. The van der Waals surface area contributed by atoms with Gasteiger partial charge in [0, 0.05) is 22.0 Å².